The van der Waals surface area contributed by atoms with Gasteiger partial charge in [0.15, 0.2) is 6.10 Å². The van der Waals surface area contributed by atoms with Gasteiger partial charge in [-0.25, -0.2) is 9.13 Å². The molecule has 78 valence electrons. The molecule has 0 saturated carbocycles. The van der Waals surface area contributed by atoms with E-state index in [1.807, 2.05) is 17.7 Å². The number of aliphatic carboxylic acids is 1. The second kappa shape index (κ2) is 4.23. The van der Waals surface area contributed by atoms with Crippen molar-refractivity contribution in [1.82, 2.24) is 4.57 Å². The molecule has 0 aromatic carbocycles. The first-order valence-electron chi connectivity index (χ1n) is 4.40. The zero-order valence-corrected chi connectivity index (χ0v) is 8.56. The first kappa shape index (κ1) is 10.7. The highest BCUT2D eigenvalue weighted by molar-refractivity contribution is 5.70. The number of carbonyl (C=O) groups is 1. The molecule has 0 aliphatic carbocycles. The topological polar surface area (TPSA) is 58.2 Å². The normalized spacial score (nSPS) is 12.8. The van der Waals surface area contributed by atoms with E-state index in [1.54, 1.807) is 17.8 Å². The summed E-state index contributed by atoms with van der Waals surface area (Å²) in [4.78, 5) is 10.8. The summed E-state index contributed by atoms with van der Waals surface area (Å²) in [6.45, 7) is 2.63. The molecule has 5 nitrogen and oxygen atoms in total. The van der Waals surface area contributed by atoms with Crippen molar-refractivity contribution in [3.63, 3.8) is 0 Å². The Morgan fingerprint density at radius 1 is 1.79 bits per heavy atom. The van der Waals surface area contributed by atoms with Crippen LogP contribution in [0.2, 0.25) is 0 Å². The summed E-state index contributed by atoms with van der Waals surface area (Å²) in [7, 11) is 3.13. The van der Waals surface area contributed by atoms with Gasteiger partial charge in [-0.3, -0.25) is 0 Å². The van der Waals surface area contributed by atoms with E-state index < -0.39 is 12.1 Å². The number of methoxy groups -OCH3 is 1. The molecule has 0 N–H and O–H groups in total. The number of imidazole rings is 1. The molecule has 0 aliphatic rings. The Morgan fingerprint density at radius 2 is 2.43 bits per heavy atom. The van der Waals surface area contributed by atoms with Crippen LogP contribution >= 0.6 is 0 Å². The Balaban J connectivity index is 3.13. The van der Waals surface area contributed by atoms with Gasteiger partial charge in [0.05, 0.1) is 19.6 Å². The number of ether oxygens (including phenoxy) is 1. The number of nitrogens with zero attached hydrogens (tertiary/aromatic N) is 2. The van der Waals surface area contributed by atoms with Crippen molar-refractivity contribution in [2.24, 2.45) is 7.05 Å². The lowest BCUT2D eigenvalue weighted by molar-refractivity contribution is -0.682. The van der Waals surface area contributed by atoms with E-state index in [0.717, 1.165) is 0 Å². The number of hydrogen-bond donors (Lipinski definition) is 0. The lowest BCUT2D eigenvalue weighted by Gasteiger charge is -2.13. The van der Waals surface area contributed by atoms with Crippen molar-refractivity contribution in [1.29, 1.82) is 0 Å². The van der Waals surface area contributed by atoms with Gasteiger partial charge < -0.3 is 14.6 Å². The van der Waals surface area contributed by atoms with Gasteiger partial charge in [-0.1, -0.05) is 0 Å². The highest BCUT2D eigenvalue weighted by Crippen LogP contribution is 2.11. The number of aryl methyl sites for hydroxylation is 2. The molecule has 0 radical (unpaired) electrons. The smallest absolute Gasteiger partial charge is 0.291 e. The largest absolute Gasteiger partial charge is 0.547 e. The Hall–Kier alpha value is -1.36. The molecule has 1 rings (SSSR count). The van der Waals surface area contributed by atoms with Gasteiger partial charge in [0.2, 0.25) is 0 Å². The van der Waals surface area contributed by atoms with E-state index in [9.17, 15) is 9.90 Å². The third-order valence-corrected chi connectivity index (χ3v) is 2.15. The molecular weight excluding hydrogens is 184 g/mol. The standard InChI is InChI=1S/C9H14N2O3/c1-4-11-6-5-10(2)8(11)7(14-3)9(12)13/h5-7H,4H2,1-3H3. The van der Waals surface area contributed by atoms with Crippen LogP contribution in [-0.4, -0.2) is 17.6 Å². The van der Waals surface area contributed by atoms with Crippen LogP contribution < -0.4 is 9.67 Å². The predicted molar refractivity (Wildman–Crippen MR) is 46.0 cm³/mol. The third kappa shape index (κ3) is 1.77. The third-order valence-electron chi connectivity index (χ3n) is 2.15. The van der Waals surface area contributed by atoms with Crippen molar-refractivity contribution in [3.8, 4) is 0 Å². The van der Waals surface area contributed by atoms with E-state index in [0.29, 0.717) is 12.4 Å². The van der Waals surface area contributed by atoms with E-state index >= 15 is 0 Å². The van der Waals surface area contributed by atoms with Crippen molar-refractivity contribution in [2.45, 2.75) is 19.6 Å². The zero-order valence-electron chi connectivity index (χ0n) is 8.56. The van der Waals surface area contributed by atoms with Crippen molar-refractivity contribution in [3.05, 3.63) is 18.2 Å². The summed E-state index contributed by atoms with van der Waals surface area (Å²) in [6.07, 6.45) is 2.58. The van der Waals surface area contributed by atoms with Crippen molar-refractivity contribution >= 4 is 5.97 Å². The minimum atomic E-state index is -1.23. The monoisotopic (exact) mass is 198 g/mol. The first-order chi connectivity index (χ1) is 6.61. The zero-order chi connectivity index (χ0) is 10.7. The van der Waals surface area contributed by atoms with Crippen LogP contribution in [0.25, 0.3) is 0 Å². The average molecular weight is 198 g/mol. The van der Waals surface area contributed by atoms with Gasteiger partial charge >= 0.3 is 0 Å². The first-order valence-corrected chi connectivity index (χ1v) is 4.40. The molecule has 1 aromatic heterocycles. The fourth-order valence-electron chi connectivity index (χ4n) is 1.45. The average Bonchev–Trinajstić information content (AvgIpc) is 2.49. The second-order valence-corrected chi connectivity index (χ2v) is 2.99. The highest BCUT2D eigenvalue weighted by Gasteiger charge is 2.25. The second-order valence-electron chi connectivity index (χ2n) is 2.99. The maximum atomic E-state index is 10.8. The van der Waals surface area contributed by atoms with Crippen LogP contribution in [0.1, 0.15) is 18.9 Å². The molecule has 0 spiro atoms. The van der Waals surface area contributed by atoms with Crippen LogP contribution in [0.15, 0.2) is 12.4 Å². The SMILES string of the molecule is CCn1cc[n+](C)c1C(OC)C(=O)[O-]. The highest BCUT2D eigenvalue weighted by atomic mass is 16.5. The molecule has 0 saturated heterocycles. The van der Waals surface area contributed by atoms with Gasteiger partial charge in [0.1, 0.15) is 12.4 Å². The molecule has 0 fully saturated rings. The minimum absolute atomic E-state index is 0.579. The maximum Gasteiger partial charge on any atom is 0.291 e. The lowest BCUT2D eigenvalue weighted by Crippen LogP contribution is -2.41. The van der Waals surface area contributed by atoms with Gasteiger partial charge in [-0.15, -0.1) is 0 Å². The molecule has 0 aliphatic heterocycles. The van der Waals surface area contributed by atoms with Crippen molar-refractivity contribution in [2.75, 3.05) is 7.11 Å². The summed E-state index contributed by atoms with van der Waals surface area (Å²) in [6, 6.07) is 0. The van der Waals surface area contributed by atoms with Gasteiger partial charge in [0.25, 0.3) is 5.82 Å². The van der Waals surface area contributed by atoms with E-state index in [2.05, 4.69) is 0 Å². The summed E-state index contributed by atoms with van der Waals surface area (Å²) >= 11 is 0. The molecule has 5 heteroatoms. The summed E-state index contributed by atoms with van der Waals surface area (Å²) < 4.78 is 8.40. The Labute approximate surface area is 82.5 Å². The van der Waals surface area contributed by atoms with Crippen molar-refractivity contribution < 1.29 is 19.2 Å². The number of hydrogen-bond acceptors (Lipinski definition) is 3. The molecular formula is C9H14N2O3. The maximum absolute atomic E-state index is 10.8. The number of carboxylic acids is 1. The summed E-state index contributed by atoms with van der Waals surface area (Å²) in [5.41, 5.74) is 0. The fourth-order valence-corrected chi connectivity index (χ4v) is 1.45. The molecule has 1 heterocycles. The molecule has 1 unspecified atom stereocenters. The molecule has 0 bridgehead atoms. The van der Waals surface area contributed by atoms with Crippen LogP contribution in [0, 0.1) is 0 Å². The number of rotatable bonds is 4. The van der Waals surface area contributed by atoms with E-state index in [-0.39, 0.29) is 0 Å². The fraction of sp³-hybridized carbons (Fsp3) is 0.556. The van der Waals surface area contributed by atoms with Crippen LogP contribution in [0.5, 0.6) is 0 Å². The molecule has 1 aromatic rings. The Bertz CT molecular complexity index is 333. The number of carbonyl (C=O) groups excluding carboxylic acids is 1. The molecule has 14 heavy (non-hydrogen) atoms. The Kier molecular flexibility index (Phi) is 3.24. The predicted octanol–water partition coefficient (Wildman–Crippen LogP) is -1.23. The van der Waals surface area contributed by atoms with E-state index in [1.165, 1.54) is 7.11 Å². The lowest BCUT2D eigenvalue weighted by atomic mass is 10.3. The van der Waals surface area contributed by atoms with Crippen LogP contribution in [0.3, 0.4) is 0 Å². The van der Waals surface area contributed by atoms with Crippen LogP contribution in [-0.2, 0) is 23.1 Å². The molecule has 0 amide bonds. The quantitative estimate of drug-likeness (QED) is 0.569. The number of carboxylic acid groups (broad SMARTS) is 1. The van der Waals surface area contributed by atoms with Gasteiger partial charge in [-0.2, -0.15) is 0 Å². The number of aromatic nitrogens is 2. The van der Waals surface area contributed by atoms with Gasteiger partial charge in [-0.05, 0) is 6.92 Å². The minimum Gasteiger partial charge on any atom is -0.547 e. The summed E-state index contributed by atoms with van der Waals surface area (Å²) in [5, 5.41) is 10.8. The van der Waals surface area contributed by atoms with E-state index in [4.69, 9.17) is 4.74 Å². The Morgan fingerprint density at radius 3 is 2.86 bits per heavy atom. The summed E-state index contributed by atoms with van der Waals surface area (Å²) in [5.74, 6) is -0.647. The van der Waals surface area contributed by atoms with Gasteiger partial charge in [0, 0.05) is 7.11 Å². The van der Waals surface area contributed by atoms with Crippen LogP contribution in [0.4, 0.5) is 0 Å². The molecule has 1 atom stereocenters.